The Bertz CT molecular complexity index is 1190. The zero-order valence-corrected chi connectivity index (χ0v) is 21.6. The van der Waals surface area contributed by atoms with Gasteiger partial charge in [-0.15, -0.1) is 0 Å². The lowest BCUT2D eigenvalue weighted by Gasteiger charge is -2.29. The van der Waals surface area contributed by atoms with E-state index in [1.807, 2.05) is 6.92 Å². The molecule has 0 heterocycles. The molecule has 9 nitrogen and oxygen atoms in total. The van der Waals surface area contributed by atoms with Crippen LogP contribution < -0.4 is 10.0 Å². The molecular weight excluding hydrogens is 490 g/mol. The molecule has 0 aliphatic heterocycles. The Balaban J connectivity index is 1.75. The molecule has 0 bridgehead atoms. The van der Waals surface area contributed by atoms with Crippen LogP contribution in [0.5, 0.6) is 0 Å². The summed E-state index contributed by atoms with van der Waals surface area (Å²) in [6.45, 7) is 1.67. The number of carbonyl (C=O) groups excluding carboxylic acids is 1. The van der Waals surface area contributed by atoms with Crippen molar-refractivity contribution in [3.05, 3.63) is 54.6 Å². The molecule has 0 unspecified atom stereocenters. The van der Waals surface area contributed by atoms with Crippen molar-refractivity contribution in [2.45, 2.75) is 48.4 Å². The van der Waals surface area contributed by atoms with Gasteiger partial charge in [-0.05, 0) is 55.2 Å². The SMILES string of the molecule is COCCN(CC(=O)Nc1ccccc1)S(=O)(=O)c1ccc(S(=O)(=O)N[C@@H]2CCCC[C@H]2C)cc1. The highest BCUT2D eigenvalue weighted by atomic mass is 32.2. The maximum absolute atomic E-state index is 13.3. The highest BCUT2D eigenvalue weighted by molar-refractivity contribution is 7.89. The number of hydrogen-bond acceptors (Lipinski definition) is 6. The van der Waals surface area contributed by atoms with Gasteiger partial charge in [-0.3, -0.25) is 4.79 Å². The van der Waals surface area contributed by atoms with Crippen LogP contribution in [0.1, 0.15) is 32.6 Å². The second-order valence-electron chi connectivity index (χ2n) is 8.71. The average Bonchev–Trinajstić information content (AvgIpc) is 2.83. The van der Waals surface area contributed by atoms with Crippen LogP contribution in [-0.2, 0) is 29.6 Å². The molecule has 1 fully saturated rings. The number of sulfonamides is 2. The Labute approximate surface area is 208 Å². The Kier molecular flexibility index (Phi) is 9.42. The summed E-state index contributed by atoms with van der Waals surface area (Å²) in [7, 11) is -6.43. The van der Waals surface area contributed by atoms with E-state index in [0.717, 1.165) is 30.0 Å². The van der Waals surface area contributed by atoms with Crippen molar-refractivity contribution < 1.29 is 26.4 Å². The van der Waals surface area contributed by atoms with Crippen molar-refractivity contribution in [2.24, 2.45) is 5.92 Å². The van der Waals surface area contributed by atoms with Crippen molar-refractivity contribution >= 4 is 31.6 Å². The van der Waals surface area contributed by atoms with Crippen molar-refractivity contribution in [2.75, 3.05) is 32.1 Å². The molecule has 2 N–H and O–H groups in total. The van der Waals surface area contributed by atoms with E-state index >= 15 is 0 Å². The van der Waals surface area contributed by atoms with Crippen LogP contribution in [0.3, 0.4) is 0 Å². The summed E-state index contributed by atoms with van der Waals surface area (Å²) in [5, 5.41) is 2.67. The van der Waals surface area contributed by atoms with Gasteiger partial charge in [0.25, 0.3) is 0 Å². The molecule has 0 aromatic heterocycles. The predicted octanol–water partition coefficient (Wildman–Crippen LogP) is 2.82. The number of ether oxygens (including phenoxy) is 1. The zero-order chi connectivity index (χ0) is 25.5. The van der Waals surface area contributed by atoms with Gasteiger partial charge in [0.15, 0.2) is 0 Å². The first-order valence-electron chi connectivity index (χ1n) is 11.6. The number of benzene rings is 2. The number of methoxy groups -OCH3 is 1. The Hall–Kier alpha value is -2.31. The number of amides is 1. The smallest absolute Gasteiger partial charge is 0.243 e. The second-order valence-corrected chi connectivity index (χ2v) is 12.4. The van der Waals surface area contributed by atoms with Gasteiger partial charge in [0.1, 0.15) is 0 Å². The normalized spacial score (nSPS) is 18.9. The lowest BCUT2D eigenvalue weighted by atomic mass is 9.87. The standard InChI is InChI=1S/C24H33N3O6S2/c1-19-8-6-7-11-23(19)26-34(29,30)21-12-14-22(15-13-21)35(31,32)27(16-17-33-2)18-24(28)25-20-9-4-3-5-10-20/h3-5,9-10,12-15,19,23,26H,6-8,11,16-18H2,1-2H3,(H,25,28)/t19-,23-/m1/s1. The fourth-order valence-corrected chi connectivity index (χ4v) is 6.82. The van der Waals surface area contributed by atoms with E-state index in [9.17, 15) is 21.6 Å². The number of anilines is 1. The summed E-state index contributed by atoms with van der Waals surface area (Å²) in [6.07, 6.45) is 3.82. The number of para-hydroxylation sites is 1. The molecule has 3 rings (SSSR count). The summed E-state index contributed by atoms with van der Waals surface area (Å²) in [5.41, 5.74) is 0.552. The molecule has 1 aliphatic carbocycles. The molecule has 35 heavy (non-hydrogen) atoms. The van der Waals surface area contributed by atoms with E-state index in [1.54, 1.807) is 30.3 Å². The summed E-state index contributed by atoms with van der Waals surface area (Å²) in [6, 6.07) is 13.7. The third-order valence-corrected chi connectivity index (χ3v) is 9.48. The highest BCUT2D eigenvalue weighted by Gasteiger charge is 2.29. The van der Waals surface area contributed by atoms with Crippen LogP contribution in [0.2, 0.25) is 0 Å². The number of hydrogen-bond donors (Lipinski definition) is 2. The molecule has 1 amide bonds. The average molecular weight is 524 g/mol. The number of nitrogens with zero attached hydrogens (tertiary/aromatic N) is 1. The van der Waals surface area contributed by atoms with Crippen LogP contribution >= 0.6 is 0 Å². The summed E-state index contributed by atoms with van der Waals surface area (Å²) in [4.78, 5) is 12.4. The topological polar surface area (TPSA) is 122 Å². The molecule has 2 aromatic rings. The molecule has 11 heteroatoms. The quantitative estimate of drug-likeness (QED) is 0.467. The van der Waals surface area contributed by atoms with Gasteiger partial charge in [-0.25, -0.2) is 21.6 Å². The van der Waals surface area contributed by atoms with Gasteiger partial charge in [-0.2, -0.15) is 4.31 Å². The summed E-state index contributed by atoms with van der Waals surface area (Å²) >= 11 is 0. The van der Waals surface area contributed by atoms with Crippen LogP contribution in [-0.4, -0.2) is 59.9 Å². The first-order valence-corrected chi connectivity index (χ1v) is 14.5. The Morgan fingerprint density at radius 1 is 0.971 bits per heavy atom. The maximum Gasteiger partial charge on any atom is 0.243 e. The molecule has 0 radical (unpaired) electrons. The van der Waals surface area contributed by atoms with Gasteiger partial charge in [0.05, 0.1) is 22.9 Å². The van der Waals surface area contributed by atoms with Crippen LogP contribution in [0, 0.1) is 5.92 Å². The van der Waals surface area contributed by atoms with E-state index in [1.165, 1.54) is 31.4 Å². The zero-order valence-electron chi connectivity index (χ0n) is 20.0. The van der Waals surface area contributed by atoms with E-state index in [0.29, 0.717) is 5.69 Å². The van der Waals surface area contributed by atoms with Crippen LogP contribution in [0.15, 0.2) is 64.4 Å². The van der Waals surface area contributed by atoms with Gasteiger partial charge in [0, 0.05) is 25.4 Å². The van der Waals surface area contributed by atoms with Crippen molar-refractivity contribution in [3.8, 4) is 0 Å². The molecule has 2 atom stereocenters. The van der Waals surface area contributed by atoms with Crippen molar-refractivity contribution in [1.82, 2.24) is 9.03 Å². The minimum Gasteiger partial charge on any atom is -0.383 e. The summed E-state index contributed by atoms with van der Waals surface area (Å²) in [5.74, 6) is -0.254. The Morgan fingerprint density at radius 3 is 2.23 bits per heavy atom. The predicted molar refractivity (Wildman–Crippen MR) is 134 cm³/mol. The third kappa shape index (κ3) is 7.34. The fourth-order valence-electron chi connectivity index (χ4n) is 4.06. The first kappa shape index (κ1) is 27.3. The molecule has 0 spiro atoms. The fraction of sp³-hybridized carbons (Fsp3) is 0.458. The van der Waals surface area contributed by atoms with Crippen LogP contribution in [0.4, 0.5) is 5.69 Å². The minimum atomic E-state index is -4.08. The van der Waals surface area contributed by atoms with Gasteiger partial charge < -0.3 is 10.1 Å². The lowest BCUT2D eigenvalue weighted by molar-refractivity contribution is -0.116. The largest absolute Gasteiger partial charge is 0.383 e. The number of carbonyl (C=O) groups is 1. The van der Waals surface area contributed by atoms with Crippen molar-refractivity contribution in [1.29, 1.82) is 0 Å². The lowest BCUT2D eigenvalue weighted by Crippen LogP contribution is -2.41. The van der Waals surface area contributed by atoms with Gasteiger partial charge >= 0.3 is 0 Å². The molecule has 192 valence electrons. The highest BCUT2D eigenvalue weighted by Crippen LogP contribution is 2.26. The van der Waals surface area contributed by atoms with E-state index < -0.39 is 32.5 Å². The van der Waals surface area contributed by atoms with E-state index in [-0.39, 0.29) is 34.9 Å². The van der Waals surface area contributed by atoms with E-state index in [2.05, 4.69) is 10.0 Å². The monoisotopic (exact) mass is 523 g/mol. The molecule has 0 saturated heterocycles. The van der Waals surface area contributed by atoms with Gasteiger partial charge in [0.2, 0.25) is 26.0 Å². The first-order chi connectivity index (χ1) is 16.6. The Morgan fingerprint density at radius 2 is 1.60 bits per heavy atom. The minimum absolute atomic E-state index is 0.000476. The third-order valence-electron chi connectivity index (χ3n) is 6.11. The summed E-state index contributed by atoms with van der Waals surface area (Å²) < 4.78 is 61.1. The van der Waals surface area contributed by atoms with Gasteiger partial charge in [-0.1, -0.05) is 38.0 Å². The van der Waals surface area contributed by atoms with Crippen molar-refractivity contribution in [3.63, 3.8) is 0 Å². The molecule has 1 saturated carbocycles. The van der Waals surface area contributed by atoms with E-state index in [4.69, 9.17) is 4.74 Å². The maximum atomic E-state index is 13.3. The van der Waals surface area contributed by atoms with Crippen LogP contribution in [0.25, 0.3) is 0 Å². The second kappa shape index (κ2) is 12.1. The molecular formula is C24H33N3O6S2. The number of rotatable bonds is 11. The molecule has 1 aliphatic rings. The molecule has 2 aromatic carbocycles. The number of nitrogens with one attached hydrogen (secondary N) is 2.